The predicted octanol–water partition coefficient (Wildman–Crippen LogP) is 1.54. The molecule has 1 aliphatic rings. The Morgan fingerprint density at radius 3 is 2.63 bits per heavy atom. The maximum Gasteiger partial charge on any atom is 0.260 e. The van der Waals surface area contributed by atoms with Crippen LogP contribution in [0.15, 0.2) is 18.2 Å². The summed E-state index contributed by atoms with van der Waals surface area (Å²) in [6.45, 7) is 0.341. The Labute approximate surface area is 109 Å². The van der Waals surface area contributed by atoms with Crippen molar-refractivity contribution in [2.24, 2.45) is 0 Å². The zero-order chi connectivity index (χ0) is 13.8. The zero-order valence-corrected chi connectivity index (χ0v) is 10.2. The summed E-state index contributed by atoms with van der Waals surface area (Å²) in [4.78, 5) is 24.3. The van der Waals surface area contributed by atoms with Crippen LogP contribution in [0.1, 0.15) is 12.8 Å². The smallest absolute Gasteiger partial charge is 0.260 e. The summed E-state index contributed by atoms with van der Waals surface area (Å²) in [5, 5.41) is 0. The standard InChI is InChI=1S/C13H13F2NO3/c14-10-2-1-3-11(13(10)15)19-8-12(18)16-6-4-9(17)5-7-16/h1-3H,4-8H2. The van der Waals surface area contributed by atoms with Crippen molar-refractivity contribution in [3.05, 3.63) is 29.8 Å². The number of hydrogen-bond donors (Lipinski definition) is 0. The predicted molar refractivity (Wildman–Crippen MR) is 62.7 cm³/mol. The number of likely N-dealkylation sites (tertiary alicyclic amines) is 1. The molecule has 102 valence electrons. The Hall–Kier alpha value is -1.98. The molecule has 0 aliphatic carbocycles. The fourth-order valence-electron chi connectivity index (χ4n) is 1.83. The topological polar surface area (TPSA) is 46.6 Å². The van der Waals surface area contributed by atoms with Gasteiger partial charge in [-0.25, -0.2) is 4.39 Å². The number of carbonyl (C=O) groups excluding carboxylic acids is 2. The van der Waals surface area contributed by atoms with Crippen LogP contribution >= 0.6 is 0 Å². The van der Waals surface area contributed by atoms with Gasteiger partial charge in [0.05, 0.1) is 0 Å². The minimum atomic E-state index is -1.11. The SMILES string of the molecule is O=C1CCN(C(=O)COc2cccc(F)c2F)CC1. The number of nitrogens with zero attached hydrogens (tertiary/aromatic N) is 1. The quantitative estimate of drug-likeness (QED) is 0.836. The molecule has 2 rings (SSSR count). The van der Waals surface area contributed by atoms with Gasteiger partial charge in [0, 0.05) is 25.9 Å². The number of rotatable bonds is 3. The third-order valence-electron chi connectivity index (χ3n) is 2.94. The molecule has 1 aliphatic heterocycles. The number of piperidine rings is 1. The first-order chi connectivity index (χ1) is 9.08. The average Bonchev–Trinajstić information content (AvgIpc) is 2.41. The van der Waals surface area contributed by atoms with Crippen LogP contribution in [0.2, 0.25) is 0 Å². The van der Waals surface area contributed by atoms with E-state index in [2.05, 4.69) is 0 Å². The lowest BCUT2D eigenvalue weighted by Gasteiger charge is -2.25. The minimum Gasteiger partial charge on any atom is -0.481 e. The van der Waals surface area contributed by atoms with Gasteiger partial charge in [-0.05, 0) is 12.1 Å². The minimum absolute atomic E-state index is 0.126. The van der Waals surface area contributed by atoms with Gasteiger partial charge in [-0.2, -0.15) is 4.39 Å². The molecule has 1 heterocycles. The van der Waals surface area contributed by atoms with E-state index < -0.39 is 11.6 Å². The average molecular weight is 269 g/mol. The molecule has 1 aromatic rings. The molecule has 0 unspecified atom stereocenters. The zero-order valence-electron chi connectivity index (χ0n) is 10.2. The molecule has 1 fully saturated rings. The fraction of sp³-hybridized carbons (Fsp3) is 0.385. The molecule has 0 bridgehead atoms. The second-order valence-electron chi connectivity index (χ2n) is 4.26. The lowest BCUT2D eigenvalue weighted by Crippen LogP contribution is -2.41. The van der Waals surface area contributed by atoms with Gasteiger partial charge in [0.1, 0.15) is 5.78 Å². The summed E-state index contributed by atoms with van der Waals surface area (Å²) in [5.74, 6) is -2.63. The molecular weight excluding hydrogens is 256 g/mol. The highest BCUT2D eigenvalue weighted by Gasteiger charge is 2.21. The first-order valence-corrected chi connectivity index (χ1v) is 5.94. The van der Waals surface area contributed by atoms with Crippen LogP contribution in [0, 0.1) is 11.6 Å². The van der Waals surface area contributed by atoms with Gasteiger partial charge < -0.3 is 9.64 Å². The number of halogens is 2. The summed E-state index contributed by atoms with van der Waals surface area (Å²) >= 11 is 0. The van der Waals surface area contributed by atoms with E-state index in [9.17, 15) is 18.4 Å². The van der Waals surface area contributed by atoms with Crippen LogP contribution in [-0.4, -0.2) is 36.3 Å². The van der Waals surface area contributed by atoms with E-state index >= 15 is 0 Å². The van der Waals surface area contributed by atoms with Gasteiger partial charge in [0.15, 0.2) is 18.2 Å². The highest BCUT2D eigenvalue weighted by atomic mass is 19.2. The highest BCUT2D eigenvalue weighted by molar-refractivity contribution is 5.83. The Balaban J connectivity index is 1.90. The number of amides is 1. The molecule has 6 heteroatoms. The van der Waals surface area contributed by atoms with E-state index in [0.717, 1.165) is 6.07 Å². The van der Waals surface area contributed by atoms with E-state index in [0.29, 0.717) is 25.9 Å². The van der Waals surface area contributed by atoms with Crippen molar-refractivity contribution in [3.8, 4) is 5.75 Å². The van der Waals surface area contributed by atoms with Gasteiger partial charge in [0.2, 0.25) is 5.82 Å². The number of ether oxygens (including phenoxy) is 1. The van der Waals surface area contributed by atoms with Crippen molar-refractivity contribution < 1.29 is 23.1 Å². The van der Waals surface area contributed by atoms with E-state index in [1.165, 1.54) is 17.0 Å². The second-order valence-corrected chi connectivity index (χ2v) is 4.26. The lowest BCUT2D eigenvalue weighted by molar-refractivity contribution is -0.136. The summed E-state index contributed by atoms with van der Waals surface area (Å²) in [7, 11) is 0. The summed E-state index contributed by atoms with van der Waals surface area (Å²) in [6, 6.07) is 3.53. The number of benzene rings is 1. The molecule has 0 radical (unpaired) electrons. The Bertz CT molecular complexity index is 495. The molecule has 0 aromatic heterocycles. The van der Waals surface area contributed by atoms with Crippen molar-refractivity contribution in [1.29, 1.82) is 0 Å². The van der Waals surface area contributed by atoms with Crippen LogP contribution < -0.4 is 4.74 Å². The Morgan fingerprint density at radius 2 is 1.95 bits per heavy atom. The molecular formula is C13H13F2NO3. The maximum atomic E-state index is 13.3. The molecule has 0 atom stereocenters. The van der Waals surface area contributed by atoms with Gasteiger partial charge in [-0.3, -0.25) is 9.59 Å². The normalized spacial score (nSPS) is 15.5. The molecule has 0 spiro atoms. The van der Waals surface area contributed by atoms with Crippen molar-refractivity contribution in [1.82, 2.24) is 4.90 Å². The third-order valence-corrected chi connectivity index (χ3v) is 2.94. The van der Waals surface area contributed by atoms with Crippen LogP contribution in [0.4, 0.5) is 8.78 Å². The van der Waals surface area contributed by atoms with Crippen molar-refractivity contribution in [3.63, 3.8) is 0 Å². The van der Waals surface area contributed by atoms with Gasteiger partial charge in [-0.1, -0.05) is 6.07 Å². The number of hydrogen-bond acceptors (Lipinski definition) is 3. The molecule has 1 aromatic carbocycles. The van der Waals surface area contributed by atoms with Crippen LogP contribution in [0.5, 0.6) is 5.75 Å². The molecule has 1 amide bonds. The second kappa shape index (κ2) is 5.77. The monoisotopic (exact) mass is 269 g/mol. The lowest BCUT2D eigenvalue weighted by atomic mass is 10.1. The van der Waals surface area contributed by atoms with E-state index in [1.807, 2.05) is 0 Å². The van der Waals surface area contributed by atoms with Gasteiger partial charge >= 0.3 is 0 Å². The van der Waals surface area contributed by atoms with Gasteiger partial charge in [-0.15, -0.1) is 0 Å². The molecule has 1 saturated heterocycles. The molecule has 0 N–H and O–H groups in total. The Kier molecular flexibility index (Phi) is 4.09. The molecule has 4 nitrogen and oxygen atoms in total. The largest absolute Gasteiger partial charge is 0.481 e. The van der Waals surface area contributed by atoms with Gasteiger partial charge in [0.25, 0.3) is 5.91 Å². The first kappa shape index (κ1) is 13.5. The van der Waals surface area contributed by atoms with Crippen LogP contribution in [0.25, 0.3) is 0 Å². The molecule has 0 saturated carbocycles. The fourth-order valence-corrected chi connectivity index (χ4v) is 1.83. The summed E-state index contributed by atoms with van der Waals surface area (Å²) in [5.41, 5.74) is 0. The third kappa shape index (κ3) is 3.27. The number of ketones is 1. The first-order valence-electron chi connectivity index (χ1n) is 5.94. The highest BCUT2D eigenvalue weighted by Crippen LogP contribution is 2.19. The van der Waals surface area contributed by atoms with Crippen molar-refractivity contribution >= 4 is 11.7 Å². The maximum absolute atomic E-state index is 13.3. The Morgan fingerprint density at radius 1 is 1.26 bits per heavy atom. The van der Waals surface area contributed by atoms with E-state index in [1.54, 1.807) is 0 Å². The van der Waals surface area contributed by atoms with E-state index in [4.69, 9.17) is 4.74 Å². The van der Waals surface area contributed by atoms with Crippen molar-refractivity contribution in [2.45, 2.75) is 12.8 Å². The number of Topliss-reactive ketones (excluding diaryl/α,β-unsaturated/α-hetero) is 1. The van der Waals surface area contributed by atoms with Crippen LogP contribution in [-0.2, 0) is 9.59 Å². The molecule has 19 heavy (non-hydrogen) atoms. The summed E-state index contributed by atoms with van der Waals surface area (Å²) < 4.78 is 31.2. The van der Waals surface area contributed by atoms with Crippen LogP contribution in [0.3, 0.4) is 0 Å². The van der Waals surface area contributed by atoms with Crippen molar-refractivity contribution in [2.75, 3.05) is 19.7 Å². The van der Waals surface area contributed by atoms with E-state index in [-0.39, 0.29) is 24.0 Å². The summed E-state index contributed by atoms with van der Waals surface area (Å²) in [6.07, 6.45) is 0.667. The number of carbonyl (C=O) groups is 2.